The van der Waals surface area contributed by atoms with Gasteiger partial charge in [0.2, 0.25) is 0 Å². The summed E-state index contributed by atoms with van der Waals surface area (Å²) in [6.07, 6.45) is 0.670. The molecule has 0 fully saturated rings. The monoisotopic (exact) mass is 99.1 g/mol. The van der Waals surface area contributed by atoms with Crippen molar-refractivity contribution in [1.29, 1.82) is 0 Å². The zero-order valence-electron chi connectivity index (χ0n) is 4.40. The molecule has 0 heterocycles. The van der Waals surface area contributed by atoms with Crippen molar-refractivity contribution in [3.63, 3.8) is 0 Å². The van der Waals surface area contributed by atoms with Crippen LogP contribution in [0.4, 0.5) is 0 Å². The lowest BCUT2D eigenvalue weighted by Crippen LogP contribution is -1.98. The Kier molecular flexibility index (Phi) is 3.29. The zero-order valence-corrected chi connectivity index (χ0v) is 4.40. The van der Waals surface area contributed by atoms with E-state index in [1.807, 2.05) is 0 Å². The van der Waals surface area contributed by atoms with E-state index in [2.05, 4.69) is 0 Å². The molecule has 0 aliphatic carbocycles. The fourth-order valence-corrected chi connectivity index (χ4v) is 0.268. The van der Waals surface area contributed by atoms with Gasteiger partial charge in [0.15, 0.2) is 0 Å². The molecule has 0 unspecified atom stereocenters. The summed E-state index contributed by atoms with van der Waals surface area (Å²) in [5.74, 6) is 1.75. The minimum atomic E-state index is 0.543. The maximum absolute atomic E-state index is 9.68. The van der Waals surface area contributed by atoms with Gasteiger partial charge in [-0.2, -0.15) is 0 Å². The summed E-state index contributed by atoms with van der Waals surface area (Å²) in [5, 5.41) is 0. The molecule has 0 saturated carbocycles. The number of carbonyl (C=O) groups excluding carboxylic acids is 1. The smallest absolute Gasteiger partial charge is 0.123 e. The van der Waals surface area contributed by atoms with Gasteiger partial charge >= 0.3 is 0 Å². The normalized spacial score (nSPS) is 7.71. The van der Waals surface area contributed by atoms with Crippen LogP contribution >= 0.6 is 0 Å². The molecule has 2 heteroatoms. The molecule has 0 atom stereocenters. The first-order chi connectivity index (χ1) is 3.31. The van der Waals surface area contributed by atoms with Crippen LogP contribution in [-0.4, -0.2) is 12.5 Å². The Morgan fingerprint density at radius 3 is 2.57 bits per heavy atom. The molecule has 0 aliphatic rings. The van der Waals surface area contributed by atoms with Crippen LogP contribution in [0.1, 0.15) is 13.3 Å². The fraction of sp³-hybridized carbons (Fsp3) is 0.600. The van der Waals surface area contributed by atoms with Crippen LogP contribution in [0, 0.1) is 0 Å². The van der Waals surface area contributed by atoms with E-state index in [4.69, 9.17) is 5.73 Å². The summed E-state index contributed by atoms with van der Waals surface area (Å²) in [7, 11) is 0. The molecule has 0 aromatic rings. The highest BCUT2D eigenvalue weighted by Gasteiger charge is 1.82. The maximum Gasteiger partial charge on any atom is 0.123 e. The summed E-state index contributed by atoms with van der Waals surface area (Å²) >= 11 is 0. The van der Waals surface area contributed by atoms with Gasteiger partial charge in [0, 0.05) is 5.57 Å². The molecule has 0 aromatic heterocycles. The first-order valence-electron chi connectivity index (χ1n) is 2.22. The van der Waals surface area contributed by atoms with Crippen LogP contribution in [0.3, 0.4) is 0 Å². The van der Waals surface area contributed by atoms with Crippen molar-refractivity contribution in [2.24, 2.45) is 5.73 Å². The number of hydrogen-bond acceptors (Lipinski definition) is 2. The van der Waals surface area contributed by atoms with Gasteiger partial charge in [-0.15, -0.1) is 0 Å². The first-order valence-corrected chi connectivity index (χ1v) is 2.22. The molecular formula is C5H9NO. The summed E-state index contributed by atoms with van der Waals surface area (Å²) in [6, 6.07) is 0. The van der Waals surface area contributed by atoms with Gasteiger partial charge in [0.1, 0.15) is 5.94 Å². The number of hydrogen-bond donors (Lipinski definition) is 1. The topological polar surface area (TPSA) is 43.1 Å². The van der Waals surface area contributed by atoms with Crippen LogP contribution in [0.2, 0.25) is 0 Å². The predicted molar refractivity (Wildman–Crippen MR) is 28.6 cm³/mol. The lowest BCUT2D eigenvalue weighted by molar-refractivity contribution is 0.566. The van der Waals surface area contributed by atoms with Crippen molar-refractivity contribution < 1.29 is 4.79 Å². The van der Waals surface area contributed by atoms with E-state index >= 15 is 0 Å². The molecule has 0 bridgehead atoms. The average Bonchev–Trinajstić information content (AvgIpc) is 1.68. The third-order valence-electron chi connectivity index (χ3n) is 0.694. The predicted octanol–water partition coefficient (Wildman–Crippen LogP) is 0.113. The molecule has 0 spiro atoms. The molecule has 0 rings (SSSR count). The van der Waals surface area contributed by atoms with Gasteiger partial charge in [-0.25, -0.2) is 4.79 Å². The summed E-state index contributed by atoms with van der Waals surface area (Å²) in [6.45, 7) is 2.26. The van der Waals surface area contributed by atoms with Crippen LogP contribution in [-0.2, 0) is 4.79 Å². The van der Waals surface area contributed by atoms with Crippen molar-refractivity contribution in [3.8, 4) is 0 Å². The van der Waals surface area contributed by atoms with Crippen molar-refractivity contribution in [1.82, 2.24) is 0 Å². The molecule has 0 aliphatic heterocycles. The Balaban J connectivity index is 3.37. The maximum atomic E-state index is 9.68. The van der Waals surface area contributed by atoms with Crippen molar-refractivity contribution in [2.75, 3.05) is 6.54 Å². The lowest BCUT2D eigenvalue weighted by atomic mass is 10.2. The first kappa shape index (κ1) is 6.41. The third kappa shape index (κ3) is 3.23. The molecule has 2 nitrogen and oxygen atoms in total. The van der Waals surface area contributed by atoms with E-state index in [9.17, 15) is 4.79 Å². The number of rotatable bonds is 2. The molecule has 0 radical (unpaired) electrons. The molecule has 0 aromatic carbocycles. The van der Waals surface area contributed by atoms with E-state index in [1.54, 1.807) is 12.9 Å². The molecule has 0 amide bonds. The highest BCUT2D eigenvalue weighted by Crippen LogP contribution is 1.87. The van der Waals surface area contributed by atoms with Crippen molar-refractivity contribution >= 4 is 5.94 Å². The second-order valence-electron chi connectivity index (χ2n) is 1.42. The van der Waals surface area contributed by atoms with E-state index in [1.165, 1.54) is 0 Å². The molecule has 7 heavy (non-hydrogen) atoms. The van der Waals surface area contributed by atoms with E-state index < -0.39 is 0 Å². The third-order valence-corrected chi connectivity index (χ3v) is 0.694. The van der Waals surface area contributed by atoms with Crippen LogP contribution < -0.4 is 5.73 Å². The summed E-state index contributed by atoms with van der Waals surface area (Å²) in [4.78, 5) is 9.68. The van der Waals surface area contributed by atoms with Gasteiger partial charge in [-0.1, -0.05) is 0 Å². The van der Waals surface area contributed by atoms with Gasteiger partial charge < -0.3 is 5.73 Å². The second-order valence-corrected chi connectivity index (χ2v) is 1.42. The minimum Gasteiger partial charge on any atom is -0.330 e. The van der Waals surface area contributed by atoms with Crippen molar-refractivity contribution in [2.45, 2.75) is 13.3 Å². The van der Waals surface area contributed by atoms with Crippen LogP contribution in [0.5, 0.6) is 0 Å². The number of nitrogens with two attached hydrogens (primary N) is 1. The second kappa shape index (κ2) is 3.59. The fourth-order valence-electron chi connectivity index (χ4n) is 0.268. The van der Waals surface area contributed by atoms with Gasteiger partial charge in [-0.3, -0.25) is 0 Å². The van der Waals surface area contributed by atoms with E-state index in [0.29, 0.717) is 18.5 Å². The zero-order chi connectivity index (χ0) is 5.70. The summed E-state index contributed by atoms with van der Waals surface area (Å²) < 4.78 is 0. The quantitative estimate of drug-likeness (QED) is 0.499. The Bertz CT molecular complexity index is 92.3. The Morgan fingerprint density at radius 1 is 1.86 bits per heavy atom. The lowest BCUT2D eigenvalue weighted by Gasteiger charge is -1.85. The largest absolute Gasteiger partial charge is 0.330 e. The van der Waals surface area contributed by atoms with E-state index in [-0.39, 0.29) is 0 Å². The molecule has 2 N–H and O–H groups in total. The van der Waals surface area contributed by atoms with Crippen LogP contribution in [0.25, 0.3) is 0 Å². The Hall–Kier alpha value is -0.590. The van der Waals surface area contributed by atoms with Gasteiger partial charge in [0.25, 0.3) is 0 Å². The van der Waals surface area contributed by atoms with Crippen molar-refractivity contribution in [3.05, 3.63) is 5.57 Å². The van der Waals surface area contributed by atoms with Crippen LogP contribution in [0.15, 0.2) is 5.57 Å². The highest BCUT2D eigenvalue weighted by atomic mass is 16.1. The standard InChI is InChI=1S/C5H9NO/c1-5(4-7)2-3-6/h2-3,6H2,1H3. The SMILES string of the molecule is CC(=C=O)CCN. The average molecular weight is 99.1 g/mol. The molecular weight excluding hydrogens is 90.1 g/mol. The minimum absolute atomic E-state index is 0.543. The van der Waals surface area contributed by atoms with Gasteiger partial charge in [-0.05, 0) is 19.9 Å². The molecule has 40 valence electrons. The molecule has 0 saturated heterocycles. The van der Waals surface area contributed by atoms with Gasteiger partial charge in [0.05, 0.1) is 0 Å². The Labute approximate surface area is 43.0 Å². The summed E-state index contributed by atoms with van der Waals surface area (Å²) in [5.41, 5.74) is 5.80. The van der Waals surface area contributed by atoms with E-state index in [0.717, 1.165) is 0 Å². The Morgan fingerprint density at radius 2 is 2.43 bits per heavy atom. The highest BCUT2D eigenvalue weighted by molar-refractivity contribution is 5.51.